The van der Waals surface area contributed by atoms with Crippen LogP contribution in [-0.2, 0) is 7.05 Å². The van der Waals surface area contributed by atoms with Crippen LogP contribution in [0.5, 0.6) is 0 Å². The smallest absolute Gasteiger partial charge is 0.348 e. The first kappa shape index (κ1) is 13.3. The molecule has 7 heteroatoms. The number of hydrogen-bond acceptors (Lipinski definition) is 4. The SMILES string of the molecule is Cc1csc(C(=O)O)c1NC(=O)c1cn(C)nc1C. The number of carboxylic acids is 1. The van der Waals surface area contributed by atoms with Gasteiger partial charge in [0.2, 0.25) is 0 Å². The van der Waals surface area contributed by atoms with Crippen molar-refractivity contribution in [1.29, 1.82) is 0 Å². The van der Waals surface area contributed by atoms with Crippen LogP contribution in [0, 0.1) is 13.8 Å². The van der Waals surface area contributed by atoms with Crippen LogP contribution in [0.25, 0.3) is 0 Å². The number of hydrogen-bond donors (Lipinski definition) is 2. The van der Waals surface area contributed by atoms with Crippen LogP contribution in [-0.4, -0.2) is 26.8 Å². The summed E-state index contributed by atoms with van der Waals surface area (Å²) in [4.78, 5) is 23.3. The van der Waals surface area contributed by atoms with Crippen molar-refractivity contribution >= 4 is 28.9 Å². The molecule has 0 aliphatic heterocycles. The Bertz CT molecular complexity index is 657. The Balaban J connectivity index is 2.31. The van der Waals surface area contributed by atoms with Gasteiger partial charge in [-0.1, -0.05) is 0 Å². The summed E-state index contributed by atoms with van der Waals surface area (Å²) in [5, 5.41) is 17.5. The van der Waals surface area contributed by atoms with E-state index in [9.17, 15) is 9.59 Å². The average Bonchev–Trinajstić information content (AvgIpc) is 2.83. The molecule has 0 aliphatic carbocycles. The molecule has 0 fully saturated rings. The molecule has 100 valence electrons. The van der Waals surface area contributed by atoms with E-state index in [4.69, 9.17) is 5.11 Å². The first-order chi connectivity index (χ1) is 8.90. The largest absolute Gasteiger partial charge is 0.477 e. The van der Waals surface area contributed by atoms with Crippen molar-refractivity contribution in [3.8, 4) is 0 Å². The first-order valence-electron chi connectivity index (χ1n) is 5.53. The number of aromatic nitrogens is 2. The molecule has 0 saturated heterocycles. The molecule has 2 N–H and O–H groups in total. The molecule has 19 heavy (non-hydrogen) atoms. The van der Waals surface area contributed by atoms with Gasteiger partial charge in [-0.2, -0.15) is 5.10 Å². The number of rotatable bonds is 3. The highest BCUT2D eigenvalue weighted by Gasteiger charge is 2.19. The van der Waals surface area contributed by atoms with Crippen molar-refractivity contribution in [3.05, 3.63) is 33.3 Å². The summed E-state index contributed by atoms with van der Waals surface area (Å²) >= 11 is 1.10. The van der Waals surface area contributed by atoms with E-state index >= 15 is 0 Å². The Morgan fingerprint density at radius 1 is 1.42 bits per heavy atom. The van der Waals surface area contributed by atoms with Crippen molar-refractivity contribution in [2.45, 2.75) is 13.8 Å². The second kappa shape index (κ2) is 4.85. The maximum Gasteiger partial charge on any atom is 0.348 e. The van der Waals surface area contributed by atoms with Crippen molar-refractivity contribution in [3.63, 3.8) is 0 Å². The van der Waals surface area contributed by atoms with Gasteiger partial charge in [0.25, 0.3) is 5.91 Å². The Labute approximate surface area is 113 Å². The van der Waals surface area contributed by atoms with E-state index in [0.717, 1.165) is 16.9 Å². The molecule has 2 rings (SSSR count). The third-order valence-electron chi connectivity index (χ3n) is 2.67. The lowest BCUT2D eigenvalue weighted by atomic mass is 10.2. The van der Waals surface area contributed by atoms with Crippen LogP contribution in [0.15, 0.2) is 11.6 Å². The van der Waals surface area contributed by atoms with Gasteiger partial charge < -0.3 is 10.4 Å². The van der Waals surface area contributed by atoms with Gasteiger partial charge in [-0.15, -0.1) is 11.3 Å². The summed E-state index contributed by atoms with van der Waals surface area (Å²) in [5.74, 6) is -1.40. The van der Waals surface area contributed by atoms with Gasteiger partial charge in [0.05, 0.1) is 16.9 Å². The molecular weight excluding hydrogens is 266 g/mol. The summed E-state index contributed by atoms with van der Waals surface area (Å²) in [5.41, 5.74) is 2.12. The summed E-state index contributed by atoms with van der Waals surface area (Å²) in [6.07, 6.45) is 1.60. The number of nitrogens with zero attached hydrogens (tertiary/aromatic N) is 2. The Morgan fingerprint density at radius 3 is 2.63 bits per heavy atom. The maximum atomic E-state index is 12.1. The van der Waals surface area contributed by atoms with Gasteiger partial charge in [0, 0.05) is 13.2 Å². The predicted octanol–water partition coefficient (Wildman–Crippen LogP) is 2.05. The highest BCUT2D eigenvalue weighted by atomic mass is 32.1. The quantitative estimate of drug-likeness (QED) is 0.900. The van der Waals surface area contributed by atoms with Gasteiger partial charge >= 0.3 is 5.97 Å². The molecule has 0 aromatic carbocycles. The second-order valence-electron chi connectivity index (χ2n) is 4.18. The number of aromatic carboxylic acids is 1. The molecule has 1 amide bonds. The van der Waals surface area contributed by atoms with Crippen molar-refractivity contribution < 1.29 is 14.7 Å². The number of carbonyl (C=O) groups is 2. The van der Waals surface area contributed by atoms with Crippen molar-refractivity contribution in [2.75, 3.05) is 5.32 Å². The van der Waals surface area contributed by atoms with Crippen LogP contribution in [0.1, 0.15) is 31.3 Å². The second-order valence-corrected chi connectivity index (χ2v) is 5.06. The minimum Gasteiger partial charge on any atom is -0.477 e. The molecular formula is C12H13N3O3S. The fourth-order valence-electron chi connectivity index (χ4n) is 1.76. The zero-order valence-corrected chi connectivity index (χ0v) is 11.5. The number of amides is 1. The van der Waals surface area contributed by atoms with Gasteiger partial charge in [0.15, 0.2) is 0 Å². The van der Waals surface area contributed by atoms with Gasteiger partial charge in [-0.25, -0.2) is 4.79 Å². The lowest BCUT2D eigenvalue weighted by molar-refractivity contribution is 0.0703. The summed E-state index contributed by atoms with van der Waals surface area (Å²) in [6, 6.07) is 0. The summed E-state index contributed by atoms with van der Waals surface area (Å²) in [7, 11) is 1.72. The molecule has 0 atom stereocenters. The van der Waals surface area contributed by atoms with E-state index < -0.39 is 5.97 Å². The summed E-state index contributed by atoms with van der Waals surface area (Å²) in [6.45, 7) is 3.49. The van der Waals surface area contributed by atoms with Crippen LogP contribution >= 0.6 is 11.3 Å². The van der Waals surface area contributed by atoms with E-state index in [1.165, 1.54) is 0 Å². The monoisotopic (exact) mass is 279 g/mol. The zero-order valence-electron chi connectivity index (χ0n) is 10.7. The van der Waals surface area contributed by atoms with Gasteiger partial charge in [-0.3, -0.25) is 9.48 Å². The minimum absolute atomic E-state index is 0.132. The normalized spacial score (nSPS) is 10.5. The Kier molecular flexibility index (Phi) is 3.39. The number of carbonyl (C=O) groups excluding carboxylic acids is 1. The first-order valence-corrected chi connectivity index (χ1v) is 6.41. The fraction of sp³-hybridized carbons (Fsp3) is 0.250. The number of aryl methyl sites for hydroxylation is 3. The van der Waals surface area contributed by atoms with Crippen LogP contribution in [0.4, 0.5) is 5.69 Å². The lowest BCUT2D eigenvalue weighted by Gasteiger charge is -2.05. The molecule has 0 radical (unpaired) electrons. The van der Waals surface area contributed by atoms with Crippen LogP contribution in [0.2, 0.25) is 0 Å². The average molecular weight is 279 g/mol. The summed E-state index contributed by atoms with van der Waals surface area (Å²) < 4.78 is 1.54. The molecule has 2 aromatic heterocycles. The molecule has 0 bridgehead atoms. The number of nitrogens with one attached hydrogen (secondary N) is 1. The van der Waals surface area contributed by atoms with E-state index in [2.05, 4.69) is 10.4 Å². The number of carboxylic acid groups (broad SMARTS) is 1. The topological polar surface area (TPSA) is 84.2 Å². The molecule has 6 nitrogen and oxygen atoms in total. The molecule has 2 aromatic rings. The molecule has 0 aliphatic rings. The van der Waals surface area contributed by atoms with E-state index in [1.54, 1.807) is 37.2 Å². The highest BCUT2D eigenvalue weighted by molar-refractivity contribution is 7.12. The third-order valence-corrected chi connectivity index (χ3v) is 3.75. The minimum atomic E-state index is -1.05. The van der Waals surface area contributed by atoms with Gasteiger partial charge in [-0.05, 0) is 24.8 Å². The molecule has 2 heterocycles. The van der Waals surface area contributed by atoms with Crippen LogP contribution < -0.4 is 5.32 Å². The fourth-order valence-corrected chi connectivity index (χ4v) is 2.60. The van der Waals surface area contributed by atoms with Crippen LogP contribution in [0.3, 0.4) is 0 Å². The van der Waals surface area contributed by atoms with E-state index in [1.807, 2.05) is 0 Å². The molecule has 0 spiro atoms. The maximum absolute atomic E-state index is 12.1. The van der Waals surface area contributed by atoms with E-state index in [-0.39, 0.29) is 10.8 Å². The lowest BCUT2D eigenvalue weighted by Crippen LogP contribution is -2.14. The number of thiophene rings is 1. The molecule has 0 unspecified atom stereocenters. The standard InChI is InChI=1S/C12H13N3O3S/c1-6-5-19-10(12(17)18)9(6)13-11(16)8-4-15(3)14-7(8)2/h4-5H,1-3H3,(H,13,16)(H,17,18). The Morgan fingerprint density at radius 2 is 2.11 bits per heavy atom. The zero-order chi connectivity index (χ0) is 14.2. The molecule has 0 saturated carbocycles. The van der Waals surface area contributed by atoms with Gasteiger partial charge in [0.1, 0.15) is 4.88 Å². The van der Waals surface area contributed by atoms with Crippen molar-refractivity contribution in [1.82, 2.24) is 9.78 Å². The third kappa shape index (κ3) is 2.50. The highest BCUT2D eigenvalue weighted by Crippen LogP contribution is 2.28. The van der Waals surface area contributed by atoms with E-state index in [0.29, 0.717) is 16.9 Å². The number of anilines is 1. The van der Waals surface area contributed by atoms with Crippen molar-refractivity contribution in [2.24, 2.45) is 7.05 Å². The Hall–Kier alpha value is -2.15. The predicted molar refractivity (Wildman–Crippen MR) is 71.9 cm³/mol.